The number of aliphatic hydroxyl groups excluding tert-OH is 1. The lowest BCUT2D eigenvalue weighted by Crippen LogP contribution is -2.31. The average molecular weight is 399 g/mol. The SMILES string of the molecule is COC(=O)C1=C(Nc2cccc(Br)c2C(=O)O)C(=O)N(CCO)C1. The van der Waals surface area contributed by atoms with Crippen LogP contribution >= 0.6 is 15.9 Å². The maximum absolute atomic E-state index is 12.4. The number of benzene rings is 1. The molecule has 9 heteroatoms. The number of aromatic carboxylic acids is 1. The minimum Gasteiger partial charge on any atom is -0.478 e. The summed E-state index contributed by atoms with van der Waals surface area (Å²) in [6.07, 6.45) is 0. The molecule has 0 bridgehead atoms. The number of β-amino-alcohol motifs (C(OH)–C–C–N with tert-alkyl or cyclic N) is 1. The van der Waals surface area contributed by atoms with Crippen LogP contribution in [0.1, 0.15) is 10.4 Å². The third-order valence-corrected chi connectivity index (χ3v) is 4.10. The molecule has 0 unspecified atom stereocenters. The number of rotatable bonds is 6. The van der Waals surface area contributed by atoms with E-state index in [1.54, 1.807) is 12.1 Å². The van der Waals surface area contributed by atoms with Crippen molar-refractivity contribution in [1.82, 2.24) is 4.90 Å². The summed E-state index contributed by atoms with van der Waals surface area (Å²) in [5.41, 5.74) is 0.110. The Hall–Kier alpha value is -2.39. The van der Waals surface area contributed by atoms with Gasteiger partial charge in [0.15, 0.2) is 0 Å². The van der Waals surface area contributed by atoms with E-state index in [-0.39, 0.29) is 42.2 Å². The number of hydrogen-bond acceptors (Lipinski definition) is 6. The van der Waals surface area contributed by atoms with Crippen LogP contribution in [0.15, 0.2) is 33.9 Å². The number of anilines is 1. The zero-order valence-corrected chi connectivity index (χ0v) is 14.3. The second-order valence-electron chi connectivity index (χ2n) is 4.89. The van der Waals surface area contributed by atoms with Gasteiger partial charge in [0.1, 0.15) is 5.70 Å². The summed E-state index contributed by atoms with van der Waals surface area (Å²) < 4.78 is 5.01. The minimum atomic E-state index is -1.19. The molecular weight excluding hydrogens is 384 g/mol. The average Bonchev–Trinajstić information content (AvgIpc) is 2.84. The molecule has 3 N–H and O–H groups in total. The Labute approximate surface area is 145 Å². The lowest BCUT2D eigenvalue weighted by atomic mass is 10.1. The molecule has 2 rings (SSSR count). The number of carbonyl (C=O) groups excluding carboxylic acids is 2. The van der Waals surface area contributed by atoms with Crippen molar-refractivity contribution in [3.05, 3.63) is 39.5 Å². The van der Waals surface area contributed by atoms with Gasteiger partial charge in [0.05, 0.1) is 37.1 Å². The molecule has 1 amide bonds. The fraction of sp³-hybridized carbons (Fsp3) is 0.267. The summed E-state index contributed by atoms with van der Waals surface area (Å²) >= 11 is 3.15. The lowest BCUT2D eigenvalue weighted by Gasteiger charge is -2.15. The predicted molar refractivity (Wildman–Crippen MR) is 87.4 cm³/mol. The van der Waals surface area contributed by atoms with Gasteiger partial charge < -0.3 is 25.2 Å². The smallest absolute Gasteiger partial charge is 0.338 e. The van der Waals surface area contributed by atoms with Crippen LogP contribution in [0.5, 0.6) is 0 Å². The van der Waals surface area contributed by atoms with Gasteiger partial charge in [-0.05, 0) is 28.1 Å². The molecule has 0 aliphatic carbocycles. The number of carboxylic acids is 1. The quantitative estimate of drug-likeness (QED) is 0.607. The van der Waals surface area contributed by atoms with E-state index in [2.05, 4.69) is 26.0 Å². The highest BCUT2D eigenvalue weighted by molar-refractivity contribution is 9.10. The van der Waals surface area contributed by atoms with Crippen LogP contribution < -0.4 is 5.32 Å². The van der Waals surface area contributed by atoms with Gasteiger partial charge in [0.2, 0.25) is 0 Å². The van der Waals surface area contributed by atoms with Crippen molar-refractivity contribution in [2.24, 2.45) is 0 Å². The molecule has 1 aromatic rings. The molecule has 1 aliphatic rings. The van der Waals surface area contributed by atoms with Gasteiger partial charge in [-0.3, -0.25) is 4.79 Å². The van der Waals surface area contributed by atoms with Crippen LogP contribution in [0.4, 0.5) is 5.69 Å². The highest BCUT2D eigenvalue weighted by atomic mass is 79.9. The van der Waals surface area contributed by atoms with Crippen LogP contribution in [-0.2, 0) is 14.3 Å². The van der Waals surface area contributed by atoms with Crippen molar-refractivity contribution in [2.45, 2.75) is 0 Å². The van der Waals surface area contributed by atoms with Crippen LogP contribution in [0.25, 0.3) is 0 Å². The fourth-order valence-corrected chi connectivity index (χ4v) is 2.87. The molecule has 0 fully saturated rings. The number of aliphatic hydroxyl groups is 1. The first kappa shape index (κ1) is 18.0. The van der Waals surface area contributed by atoms with Crippen LogP contribution in [0.2, 0.25) is 0 Å². The van der Waals surface area contributed by atoms with Crippen molar-refractivity contribution < 1.29 is 29.3 Å². The Balaban J connectivity index is 2.45. The number of ether oxygens (including phenoxy) is 1. The number of nitrogens with one attached hydrogen (secondary N) is 1. The number of nitrogens with zero attached hydrogens (tertiary/aromatic N) is 1. The maximum Gasteiger partial charge on any atom is 0.338 e. The van der Waals surface area contributed by atoms with Gasteiger partial charge in [-0.2, -0.15) is 0 Å². The molecule has 1 heterocycles. The van der Waals surface area contributed by atoms with E-state index in [4.69, 9.17) is 5.11 Å². The second kappa shape index (κ2) is 7.45. The predicted octanol–water partition coefficient (Wildman–Crippen LogP) is 0.821. The van der Waals surface area contributed by atoms with Crippen molar-refractivity contribution in [2.75, 3.05) is 32.1 Å². The van der Waals surface area contributed by atoms with Crippen molar-refractivity contribution >= 4 is 39.5 Å². The zero-order valence-electron chi connectivity index (χ0n) is 12.7. The molecule has 0 radical (unpaired) electrons. The van der Waals surface area contributed by atoms with Crippen molar-refractivity contribution in [3.8, 4) is 0 Å². The van der Waals surface area contributed by atoms with E-state index in [0.717, 1.165) is 0 Å². The molecule has 8 nitrogen and oxygen atoms in total. The molecule has 0 atom stereocenters. The largest absolute Gasteiger partial charge is 0.478 e. The molecule has 0 saturated carbocycles. The van der Waals surface area contributed by atoms with Crippen LogP contribution in [0.3, 0.4) is 0 Å². The number of carboxylic acid groups (broad SMARTS) is 1. The number of amides is 1. The Bertz CT molecular complexity index is 731. The van der Waals surface area contributed by atoms with E-state index < -0.39 is 17.8 Å². The van der Waals surface area contributed by atoms with Gasteiger partial charge in [-0.15, -0.1) is 0 Å². The number of methoxy groups -OCH3 is 1. The highest BCUT2D eigenvalue weighted by Crippen LogP contribution is 2.29. The van der Waals surface area contributed by atoms with Crippen molar-refractivity contribution in [1.29, 1.82) is 0 Å². The Morgan fingerprint density at radius 2 is 2.12 bits per heavy atom. The number of esters is 1. The van der Waals surface area contributed by atoms with Gasteiger partial charge in [-0.25, -0.2) is 9.59 Å². The first-order chi connectivity index (χ1) is 11.4. The summed E-state index contributed by atoms with van der Waals surface area (Å²) in [7, 11) is 1.19. The third kappa shape index (κ3) is 3.41. The Morgan fingerprint density at radius 3 is 2.71 bits per heavy atom. The Kier molecular flexibility index (Phi) is 5.58. The molecule has 0 aromatic heterocycles. The molecule has 0 saturated heterocycles. The summed E-state index contributed by atoms with van der Waals surface area (Å²) in [5.74, 6) is -2.40. The highest BCUT2D eigenvalue weighted by Gasteiger charge is 2.35. The van der Waals surface area contributed by atoms with Crippen LogP contribution in [-0.4, -0.2) is 59.8 Å². The first-order valence-corrected chi connectivity index (χ1v) is 7.70. The lowest BCUT2D eigenvalue weighted by molar-refractivity contribution is -0.136. The molecule has 128 valence electrons. The van der Waals surface area contributed by atoms with E-state index in [9.17, 15) is 19.5 Å². The summed E-state index contributed by atoms with van der Waals surface area (Å²) in [4.78, 5) is 37.0. The zero-order chi connectivity index (χ0) is 17.9. The van der Waals surface area contributed by atoms with Gasteiger partial charge >= 0.3 is 11.9 Å². The van der Waals surface area contributed by atoms with Gasteiger partial charge in [-0.1, -0.05) is 6.07 Å². The van der Waals surface area contributed by atoms with Gasteiger partial charge in [0.25, 0.3) is 5.91 Å². The molecule has 24 heavy (non-hydrogen) atoms. The maximum atomic E-state index is 12.4. The molecular formula is C15H15BrN2O6. The normalized spacial score (nSPS) is 14.1. The fourth-order valence-electron chi connectivity index (χ4n) is 2.33. The van der Waals surface area contributed by atoms with Crippen LogP contribution in [0, 0.1) is 0 Å². The number of halogens is 1. The third-order valence-electron chi connectivity index (χ3n) is 3.44. The number of carbonyl (C=O) groups is 3. The molecule has 1 aromatic carbocycles. The Morgan fingerprint density at radius 1 is 1.42 bits per heavy atom. The monoisotopic (exact) mass is 398 g/mol. The summed E-state index contributed by atoms with van der Waals surface area (Å²) in [6, 6.07) is 4.64. The van der Waals surface area contributed by atoms with E-state index in [0.29, 0.717) is 4.47 Å². The molecule has 1 aliphatic heterocycles. The van der Waals surface area contributed by atoms with Crippen molar-refractivity contribution in [3.63, 3.8) is 0 Å². The topological polar surface area (TPSA) is 116 Å². The first-order valence-electron chi connectivity index (χ1n) is 6.91. The molecule has 0 spiro atoms. The van der Waals surface area contributed by atoms with E-state index >= 15 is 0 Å². The minimum absolute atomic E-state index is 0.0230. The summed E-state index contributed by atoms with van der Waals surface area (Å²) in [5, 5.41) is 21.1. The van der Waals surface area contributed by atoms with E-state index in [1.807, 2.05) is 0 Å². The number of hydrogen-bond donors (Lipinski definition) is 3. The van der Waals surface area contributed by atoms with E-state index in [1.165, 1.54) is 18.1 Å². The van der Waals surface area contributed by atoms with Gasteiger partial charge in [0, 0.05) is 11.0 Å². The standard InChI is InChI=1S/C15H15BrN2O6/c1-24-15(23)8-7-18(5-6-19)13(20)12(8)17-10-4-2-3-9(16)11(10)14(21)22/h2-4,17,19H,5-7H2,1H3,(H,21,22). The summed E-state index contributed by atoms with van der Waals surface area (Å²) in [6.45, 7) is -0.232. The second-order valence-corrected chi connectivity index (χ2v) is 5.74.